The first-order chi connectivity index (χ1) is 7.26. The fourth-order valence-corrected chi connectivity index (χ4v) is 1.82. The Balaban J connectivity index is 2.11. The Labute approximate surface area is 94.8 Å². The number of nitrogens with two attached hydrogens (primary N) is 1. The molecule has 1 aromatic rings. The zero-order valence-corrected chi connectivity index (χ0v) is 10.1. The molecule has 1 rings (SSSR count). The lowest BCUT2D eigenvalue weighted by Gasteiger charge is -2.13. The third-order valence-corrected chi connectivity index (χ3v) is 2.99. The van der Waals surface area contributed by atoms with E-state index in [0.717, 1.165) is 25.0 Å². The van der Waals surface area contributed by atoms with Gasteiger partial charge in [0.2, 0.25) is 0 Å². The normalized spacial score (nSPS) is 11.1. The smallest absolute Gasteiger partial charge is 0.180 e. The first-order valence-electron chi connectivity index (χ1n) is 5.33. The quantitative estimate of drug-likeness (QED) is 0.554. The minimum Gasteiger partial charge on any atom is -0.375 e. The molecule has 1 aromatic heterocycles. The standard InChI is InChI=1S/C10H19N3OS/c1-3-8(4-2)13-14-6-5-9-7-15-10(11)12-9/h7-8,13H,3-6H2,1-2H3,(H2,11,12). The topological polar surface area (TPSA) is 60.2 Å². The summed E-state index contributed by atoms with van der Waals surface area (Å²) < 4.78 is 0. The molecule has 0 aliphatic rings. The molecule has 0 fully saturated rings. The molecule has 0 aliphatic carbocycles. The van der Waals surface area contributed by atoms with Crippen LogP contribution < -0.4 is 11.2 Å². The summed E-state index contributed by atoms with van der Waals surface area (Å²) in [5.41, 5.74) is 9.57. The maximum Gasteiger partial charge on any atom is 0.180 e. The van der Waals surface area contributed by atoms with Crippen LogP contribution >= 0.6 is 11.3 Å². The highest BCUT2D eigenvalue weighted by atomic mass is 32.1. The monoisotopic (exact) mass is 229 g/mol. The molecule has 0 amide bonds. The van der Waals surface area contributed by atoms with Crippen LogP contribution in [0.25, 0.3) is 0 Å². The van der Waals surface area contributed by atoms with Gasteiger partial charge in [-0.25, -0.2) is 4.98 Å². The molecule has 0 aliphatic heterocycles. The number of hydrogen-bond donors (Lipinski definition) is 2. The van der Waals surface area contributed by atoms with Crippen molar-refractivity contribution in [2.24, 2.45) is 0 Å². The minimum absolute atomic E-state index is 0.450. The van der Waals surface area contributed by atoms with Crippen molar-refractivity contribution in [2.75, 3.05) is 12.3 Å². The average molecular weight is 229 g/mol. The van der Waals surface area contributed by atoms with Crippen molar-refractivity contribution < 1.29 is 4.84 Å². The van der Waals surface area contributed by atoms with Crippen LogP contribution in [-0.2, 0) is 11.3 Å². The van der Waals surface area contributed by atoms with Gasteiger partial charge in [-0.3, -0.25) is 0 Å². The van der Waals surface area contributed by atoms with Crippen LogP contribution in [0.15, 0.2) is 5.38 Å². The molecule has 0 saturated carbocycles. The van der Waals surface area contributed by atoms with Crippen molar-refractivity contribution in [2.45, 2.75) is 39.2 Å². The zero-order valence-electron chi connectivity index (χ0n) is 9.32. The molecule has 0 saturated heterocycles. The number of hydrogen-bond acceptors (Lipinski definition) is 5. The summed E-state index contributed by atoms with van der Waals surface area (Å²) >= 11 is 1.47. The highest BCUT2D eigenvalue weighted by molar-refractivity contribution is 7.13. The van der Waals surface area contributed by atoms with Crippen LogP contribution in [-0.4, -0.2) is 17.6 Å². The Morgan fingerprint density at radius 1 is 1.53 bits per heavy atom. The Kier molecular flexibility index (Phi) is 5.60. The molecule has 3 N–H and O–H groups in total. The molecule has 0 bridgehead atoms. The number of thiazole rings is 1. The summed E-state index contributed by atoms with van der Waals surface area (Å²) in [5.74, 6) is 0. The lowest BCUT2D eigenvalue weighted by atomic mass is 10.2. The summed E-state index contributed by atoms with van der Waals surface area (Å²) in [6, 6.07) is 0.450. The summed E-state index contributed by atoms with van der Waals surface area (Å²) in [6.07, 6.45) is 2.97. The van der Waals surface area contributed by atoms with Gasteiger partial charge in [0, 0.05) is 17.8 Å². The van der Waals surface area contributed by atoms with Gasteiger partial charge < -0.3 is 10.6 Å². The van der Waals surface area contributed by atoms with Crippen LogP contribution in [0, 0.1) is 0 Å². The first-order valence-corrected chi connectivity index (χ1v) is 6.21. The summed E-state index contributed by atoms with van der Waals surface area (Å²) in [4.78, 5) is 9.52. The molecular weight excluding hydrogens is 210 g/mol. The van der Waals surface area contributed by atoms with Crippen LogP contribution in [0.3, 0.4) is 0 Å². The third kappa shape index (κ3) is 4.59. The molecule has 15 heavy (non-hydrogen) atoms. The number of hydroxylamine groups is 1. The van der Waals surface area contributed by atoms with Gasteiger partial charge in [0.25, 0.3) is 0 Å². The Morgan fingerprint density at radius 3 is 2.80 bits per heavy atom. The highest BCUT2D eigenvalue weighted by Gasteiger charge is 2.02. The fourth-order valence-electron chi connectivity index (χ4n) is 1.23. The number of nitrogens with zero attached hydrogens (tertiary/aromatic N) is 1. The van der Waals surface area contributed by atoms with Crippen molar-refractivity contribution in [3.63, 3.8) is 0 Å². The van der Waals surface area contributed by atoms with E-state index in [0.29, 0.717) is 17.8 Å². The van der Waals surface area contributed by atoms with Gasteiger partial charge in [-0.1, -0.05) is 13.8 Å². The number of rotatable bonds is 7. The van der Waals surface area contributed by atoms with Gasteiger partial charge in [-0.15, -0.1) is 11.3 Å². The van der Waals surface area contributed by atoms with E-state index < -0.39 is 0 Å². The van der Waals surface area contributed by atoms with Crippen molar-refractivity contribution >= 4 is 16.5 Å². The van der Waals surface area contributed by atoms with E-state index in [2.05, 4.69) is 24.3 Å². The van der Waals surface area contributed by atoms with Crippen LogP contribution in [0.4, 0.5) is 5.13 Å². The number of nitrogens with one attached hydrogen (secondary N) is 1. The second-order valence-corrected chi connectivity index (χ2v) is 4.30. The largest absolute Gasteiger partial charge is 0.375 e. The van der Waals surface area contributed by atoms with Crippen molar-refractivity contribution in [1.82, 2.24) is 10.5 Å². The summed E-state index contributed by atoms with van der Waals surface area (Å²) in [5, 5.41) is 2.59. The Morgan fingerprint density at radius 2 is 2.27 bits per heavy atom. The zero-order chi connectivity index (χ0) is 11.1. The summed E-state index contributed by atoms with van der Waals surface area (Å²) in [7, 11) is 0. The SMILES string of the molecule is CCC(CC)NOCCc1csc(N)n1. The van der Waals surface area contributed by atoms with Crippen LogP contribution in [0.5, 0.6) is 0 Å². The average Bonchev–Trinajstić information content (AvgIpc) is 2.65. The molecule has 0 spiro atoms. The van der Waals surface area contributed by atoms with Crippen molar-refractivity contribution in [1.29, 1.82) is 0 Å². The van der Waals surface area contributed by atoms with Gasteiger partial charge in [-0.05, 0) is 12.8 Å². The van der Waals surface area contributed by atoms with E-state index in [9.17, 15) is 0 Å². The second kappa shape index (κ2) is 6.76. The van der Waals surface area contributed by atoms with E-state index in [1.54, 1.807) is 0 Å². The molecule has 5 heteroatoms. The molecular formula is C10H19N3OS. The first kappa shape index (κ1) is 12.4. The Bertz CT molecular complexity index is 273. The van der Waals surface area contributed by atoms with E-state index in [4.69, 9.17) is 10.6 Å². The minimum atomic E-state index is 0.450. The molecule has 4 nitrogen and oxygen atoms in total. The highest BCUT2D eigenvalue weighted by Crippen LogP contribution is 2.11. The van der Waals surface area contributed by atoms with Crippen molar-refractivity contribution in [3.8, 4) is 0 Å². The third-order valence-electron chi connectivity index (χ3n) is 2.27. The number of nitrogen functional groups attached to an aromatic ring is 1. The van der Waals surface area contributed by atoms with Gasteiger partial charge in [0.1, 0.15) is 0 Å². The predicted molar refractivity (Wildman–Crippen MR) is 63.7 cm³/mol. The van der Waals surface area contributed by atoms with Gasteiger partial charge >= 0.3 is 0 Å². The van der Waals surface area contributed by atoms with Gasteiger partial charge in [0.15, 0.2) is 5.13 Å². The molecule has 0 unspecified atom stereocenters. The predicted octanol–water partition coefficient (Wildman–Crippen LogP) is 1.98. The second-order valence-electron chi connectivity index (χ2n) is 3.41. The van der Waals surface area contributed by atoms with Gasteiger partial charge in [0.05, 0.1) is 12.3 Å². The molecule has 0 atom stereocenters. The molecule has 0 radical (unpaired) electrons. The van der Waals surface area contributed by atoms with Gasteiger partial charge in [-0.2, -0.15) is 5.48 Å². The maximum atomic E-state index is 5.53. The Hall–Kier alpha value is -0.650. The van der Waals surface area contributed by atoms with Crippen LogP contribution in [0.1, 0.15) is 32.4 Å². The van der Waals surface area contributed by atoms with E-state index in [1.807, 2.05) is 5.38 Å². The fraction of sp³-hybridized carbons (Fsp3) is 0.700. The van der Waals surface area contributed by atoms with E-state index >= 15 is 0 Å². The van der Waals surface area contributed by atoms with Crippen molar-refractivity contribution in [3.05, 3.63) is 11.1 Å². The van der Waals surface area contributed by atoms with Crippen LogP contribution in [0.2, 0.25) is 0 Å². The lowest BCUT2D eigenvalue weighted by Crippen LogP contribution is -2.28. The molecule has 1 heterocycles. The summed E-state index contributed by atoms with van der Waals surface area (Å²) in [6.45, 7) is 4.93. The maximum absolute atomic E-state index is 5.53. The van der Waals surface area contributed by atoms with E-state index in [-0.39, 0.29) is 0 Å². The number of aromatic nitrogens is 1. The lowest BCUT2D eigenvalue weighted by molar-refractivity contribution is 0.0158. The number of anilines is 1. The molecule has 0 aromatic carbocycles. The molecule has 86 valence electrons. The van der Waals surface area contributed by atoms with E-state index in [1.165, 1.54) is 11.3 Å².